The van der Waals surface area contributed by atoms with E-state index in [1.54, 1.807) is 0 Å². The molecule has 0 N–H and O–H groups in total. The second-order valence-electron chi connectivity index (χ2n) is 9.43. The van der Waals surface area contributed by atoms with Gasteiger partial charge in [0.2, 0.25) is 0 Å². The van der Waals surface area contributed by atoms with E-state index in [0.29, 0.717) is 24.7 Å². The third kappa shape index (κ3) is 13.3. The van der Waals surface area contributed by atoms with E-state index < -0.39 is 8.53 Å². The molecule has 0 aromatic rings. The maximum absolute atomic E-state index is 12.1. The SMILES string of the molecule is CC(C)N(C(C)C)P(OCCSC(=O)C(C)(C)C)OPOCCSC(=O)C(C)(C)C. The summed E-state index contributed by atoms with van der Waals surface area (Å²) in [5.74, 6) is 1.20. The molecule has 0 saturated heterocycles. The van der Waals surface area contributed by atoms with Gasteiger partial charge in [-0.25, -0.2) is 4.67 Å². The zero-order chi connectivity index (χ0) is 23.5. The van der Waals surface area contributed by atoms with Crippen molar-refractivity contribution in [2.75, 3.05) is 24.7 Å². The molecule has 0 aromatic heterocycles. The van der Waals surface area contributed by atoms with Gasteiger partial charge in [-0.15, -0.1) is 0 Å². The molecule has 0 aliphatic rings. The first-order valence-electron chi connectivity index (χ1n) is 10.3. The average Bonchev–Trinajstić information content (AvgIpc) is 2.58. The van der Waals surface area contributed by atoms with Crippen LogP contribution in [-0.4, -0.2) is 51.7 Å². The second kappa shape index (κ2) is 14.8. The van der Waals surface area contributed by atoms with Gasteiger partial charge >= 0.3 is 0 Å². The number of rotatable bonds is 13. The lowest BCUT2D eigenvalue weighted by molar-refractivity contribution is -0.118. The monoisotopic (exact) mass is 501 g/mol. The zero-order valence-electron chi connectivity index (χ0n) is 20.2. The van der Waals surface area contributed by atoms with E-state index in [4.69, 9.17) is 13.4 Å². The van der Waals surface area contributed by atoms with Crippen molar-refractivity contribution in [1.29, 1.82) is 0 Å². The van der Waals surface area contributed by atoms with Crippen molar-refractivity contribution in [3.63, 3.8) is 0 Å². The summed E-state index contributed by atoms with van der Waals surface area (Å²) in [6, 6.07) is 0.509. The molecule has 0 saturated carbocycles. The fourth-order valence-corrected chi connectivity index (χ4v) is 6.29. The molecule has 0 spiro atoms. The average molecular weight is 502 g/mol. The van der Waals surface area contributed by atoms with Crippen molar-refractivity contribution < 1.29 is 22.9 Å². The minimum absolute atomic E-state index is 0.157. The highest BCUT2D eigenvalue weighted by molar-refractivity contribution is 8.14. The Bertz CT molecular complexity index is 514. The van der Waals surface area contributed by atoms with Gasteiger partial charge < -0.3 is 9.05 Å². The van der Waals surface area contributed by atoms with Gasteiger partial charge in [0.05, 0.1) is 13.2 Å². The van der Waals surface area contributed by atoms with Crippen molar-refractivity contribution in [1.82, 2.24) is 4.67 Å². The topological polar surface area (TPSA) is 65.1 Å². The molecule has 0 rings (SSSR count). The Balaban J connectivity index is 4.52. The summed E-state index contributed by atoms with van der Waals surface area (Å²) in [5.41, 5.74) is -0.692. The summed E-state index contributed by atoms with van der Waals surface area (Å²) in [4.78, 5) is 24.0. The number of hydrogen-bond acceptors (Lipinski definition) is 8. The van der Waals surface area contributed by atoms with Gasteiger partial charge in [0.1, 0.15) is 0 Å². The summed E-state index contributed by atoms with van der Waals surface area (Å²) in [6.07, 6.45) is 0. The Morgan fingerprint density at radius 1 is 0.867 bits per heavy atom. The molecule has 10 heteroatoms. The molecule has 30 heavy (non-hydrogen) atoms. The van der Waals surface area contributed by atoms with Crippen LogP contribution in [0.25, 0.3) is 0 Å². The summed E-state index contributed by atoms with van der Waals surface area (Å²) in [6.45, 7) is 20.8. The fourth-order valence-electron chi connectivity index (χ4n) is 2.07. The normalized spacial score (nSPS) is 14.4. The Morgan fingerprint density at radius 2 is 1.30 bits per heavy atom. The molecule has 0 bridgehead atoms. The molecular formula is C20H41NO5P2S2. The van der Waals surface area contributed by atoms with Gasteiger partial charge in [-0.1, -0.05) is 65.1 Å². The van der Waals surface area contributed by atoms with Crippen LogP contribution in [0.5, 0.6) is 0 Å². The lowest BCUT2D eigenvalue weighted by Gasteiger charge is -2.35. The number of nitrogens with zero attached hydrogens (tertiary/aromatic N) is 1. The van der Waals surface area contributed by atoms with Crippen molar-refractivity contribution >= 4 is 51.3 Å². The van der Waals surface area contributed by atoms with E-state index >= 15 is 0 Å². The van der Waals surface area contributed by atoms with Gasteiger partial charge in [-0.3, -0.25) is 13.9 Å². The summed E-state index contributed by atoms with van der Waals surface area (Å²) in [5, 5.41) is 0.322. The first-order valence-corrected chi connectivity index (χ1v) is 14.2. The van der Waals surface area contributed by atoms with Crippen LogP contribution in [0.1, 0.15) is 69.2 Å². The van der Waals surface area contributed by atoms with E-state index in [1.807, 2.05) is 41.5 Å². The Labute approximate surface area is 195 Å². The molecule has 0 amide bonds. The van der Waals surface area contributed by atoms with Gasteiger partial charge in [0.15, 0.2) is 19.3 Å². The van der Waals surface area contributed by atoms with E-state index in [1.165, 1.54) is 23.5 Å². The Kier molecular flexibility index (Phi) is 15.2. The molecule has 0 aromatic carbocycles. The standard InChI is InChI=1S/C20H41NO5P2S2/c1-15(2)21(16(3)4)28(25-12-14-30-18(23)20(8,9)10)26-27-24-11-13-29-17(22)19(5,6)7/h15-16,27H,11-14H2,1-10H3. The molecule has 0 heterocycles. The highest BCUT2D eigenvalue weighted by Gasteiger charge is 2.28. The number of carbonyl (C=O) groups is 2. The molecule has 178 valence electrons. The van der Waals surface area contributed by atoms with E-state index in [2.05, 4.69) is 32.4 Å². The Morgan fingerprint density at radius 3 is 1.70 bits per heavy atom. The molecule has 0 aliphatic heterocycles. The largest absolute Gasteiger partial charge is 0.335 e. The van der Waals surface area contributed by atoms with Gasteiger partial charge in [-0.2, -0.15) is 0 Å². The lowest BCUT2D eigenvalue weighted by Crippen LogP contribution is -2.33. The van der Waals surface area contributed by atoms with Crippen LogP contribution in [0.3, 0.4) is 0 Å². The van der Waals surface area contributed by atoms with Gasteiger partial charge in [0.25, 0.3) is 8.53 Å². The smallest absolute Gasteiger partial charge is 0.264 e. The summed E-state index contributed by atoms with van der Waals surface area (Å²) < 4.78 is 19.8. The van der Waals surface area contributed by atoms with E-state index in [-0.39, 0.29) is 42.2 Å². The minimum atomic E-state index is -1.29. The quantitative estimate of drug-likeness (QED) is 0.209. The predicted octanol–water partition coefficient (Wildman–Crippen LogP) is 6.50. The third-order valence-electron chi connectivity index (χ3n) is 3.58. The van der Waals surface area contributed by atoms with E-state index in [9.17, 15) is 9.59 Å². The number of thioether (sulfide) groups is 2. The minimum Gasteiger partial charge on any atom is -0.335 e. The van der Waals surface area contributed by atoms with Crippen LogP contribution < -0.4 is 0 Å². The lowest BCUT2D eigenvalue weighted by atomic mass is 9.99. The van der Waals surface area contributed by atoms with Gasteiger partial charge in [-0.05, 0) is 27.7 Å². The van der Waals surface area contributed by atoms with Crippen LogP contribution in [-0.2, 0) is 22.9 Å². The number of carbonyl (C=O) groups excluding carboxylic acids is 2. The van der Waals surface area contributed by atoms with Crippen molar-refractivity contribution in [3.05, 3.63) is 0 Å². The fraction of sp³-hybridized carbons (Fsp3) is 0.900. The van der Waals surface area contributed by atoms with Crippen molar-refractivity contribution in [3.8, 4) is 0 Å². The van der Waals surface area contributed by atoms with Crippen molar-refractivity contribution in [2.45, 2.75) is 81.3 Å². The highest BCUT2D eigenvalue weighted by Crippen LogP contribution is 2.51. The van der Waals surface area contributed by atoms with Crippen LogP contribution in [0.15, 0.2) is 0 Å². The van der Waals surface area contributed by atoms with Crippen LogP contribution in [0, 0.1) is 10.8 Å². The summed E-state index contributed by atoms with van der Waals surface area (Å²) >= 11 is 2.60. The summed E-state index contributed by atoms with van der Waals surface area (Å²) in [7, 11) is -1.45. The molecular weight excluding hydrogens is 460 g/mol. The molecule has 6 nitrogen and oxygen atoms in total. The van der Waals surface area contributed by atoms with E-state index in [0.717, 1.165) is 0 Å². The number of hydrogen-bond donors (Lipinski definition) is 0. The Hall–Kier alpha value is 0.740. The van der Waals surface area contributed by atoms with Gasteiger partial charge in [0, 0.05) is 34.4 Å². The molecule has 0 aliphatic carbocycles. The van der Waals surface area contributed by atoms with Crippen LogP contribution in [0.4, 0.5) is 0 Å². The first-order chi connectivity index (χ1) is 13.7. The second-order valence-corrected chi connectivity index (χ2v) is 14.0. The van der Waals surface area contributed by atoms with Crippen LogP contribution in [0.2, 0.25) is 0 Å². The van der Waals surface area contributed by atoms with Crippen LogP contribution >= 0.6 is 41.1 Å². The molecule has 2 atom stereocenters. The first kappa shape index (κ1) is 30.7. The zero-order valence-corrected chi connectivity index (χ0v) is 23.8. The highest BCUT2D eigenvalue weighted by atomic mass is 32.2. The maximum atomic E-state index is 12.1. The predicted molar refractivity (Wildman–Crippen MR) is 134 cm³/mol. The molecule has 0 radical (unpaired) electrons. The molecule has 0 fully saturated rings. The van der Waals surface area contributed by atoms with Crippen molar-refractivity contribution in [2.24, 2.45) is 10.8 Å². The maximum Gasteiger partial charge on any atom is 0.264 e. The third-order valence-corrected chi connectivity index (χ3v) is 9.02. The molecule has 2 unspecified atom stereocenters.